The van der Waals surface area contributed by atoms with E-state index in [0.717, 1.165) is 19.3 Å². The van der Waals surface area contributed by atoms with Crippen molar-refractivity contribution >= 4 is 17.8 Å². The number of carboxylic acid groups (broad SMARTS) is 1. The van der Waals surface area contributed by atoms with Crippen LogP contribution in [0.25, 0.3) is 0 Å². The number of hydrogen-bond acceptors (Lipinski definition) is 4. The van der Waals surface area contributed by atoms with Gasteiger partial charge in [0.15, 0.2) is 0 Å². The van der Waals surface area contributed by atoms with Crippen LogP contribution < -0.4 is 0 Å². The molecule has 1 fully saturated rings. The SMILES string of the molecule is CC(=O)N(CC(=O)O)CC1CN(C(=O)c2ccc3c(c2)CCCC3)CCO1. The predicted octanol–water partition coefficient (Wildman–Crippen LogP) is 1.34. The minimum absolute atomic E-state index is 0.0377. The molecule has 2 aliphatic rings. The summed E-state index contributed by atoms with van der Waals surface area (Å²) in [6.45, 7) is 2.34. The van der Waals surface area contributed by atoms with Gasteiger partial charge in [0.2, 0.25) is 5.91 Å². The summed E-state index contributed by atoms with van der Waals surface area (Å²) in [5, 5.41) is 8.95. The predicted molar refractivity (Wildman–Crippen MR) is 98.6 cm³/mol. The van der Waals surface area contributed by atoms with Crippen molar-refractivity contribution < 1.29 is 24.2 Å². The van der Waals surface area contributed by atoms with Crippen LogP contribution in [0.15, 0.2) is 18.2 Å². The number of carbonyl (C=O) groups excluding carboxylic acids is 2. The molecule has 0 spiro atoms. The van der Waals surface area contributed by atoms with Crippen LogP contribution >= 0.6 is 0 Å². The van der Waals surface area contributed by atoms with Crippen LogP contribution in [-0.4, -0.2) is 71.6 Å². The summed E-state index contributed by atoms with van der Waals surface area (Å²) in [5.41, 5.74) is 3.29. The molecule has 3 rings (SSSR count). The average molecular weight is 374 g/mol. The number of rotatable bonds is 5. The molecule has 1 N–H and O–H groups in total. The van der Waals surface area contributed by atoms with Crippen LogP contribution in [-0.2, 0) is 27.2 Å². The van der Waals surface area contributed by atoms with E-state index in [1.807, 2.05) is 12.1 Å². The van der Waals surface area contributed by atoms with Crippen LogP contribution in [0.5, 0.6) is 0 Å². The molecule has 0 aromatic heterocycles. The maximum absolute atomic E-state index is 12.9. The number of morpholine rings is 1. The van der Waals surface area contributed by atoms with Gasteiger partial charge in [-0.15, -0.1) is 0 Å². The normalized spacial score (nSPS) is 19.3. The molecule has 146 valence electrons. The second kappa shape index (κ2) is 8.52. The maximum atomic E-state index is 12.9. The van der Waals surface area contributed by atoms with Gasteiger partial charge in [0, 0.05) is 32.1 Å². The number of nitrogens with zero attached hydrogens (tertiary/aromatic N) is 2. The Morgan fingerprint density at radius 3 is 2.67 bits per heavy atom. The third-order valence-electron chi connectivity index (χ3n) is 5.22. The molecule has 7 heteroatoms. The van der Waals surface area contributed by atoms with Gasteiger partial charge in [-0.1, -0.05) is 6.07 Å². The quantitative estimate of drug-likeness (QED) is 0.840. The highest BCUT2D eigenvalue weighted by molar-refractivity contribution is 5.94. The number of ether oxygens (including phenoxy) is 1. The molecule has 0 bridgehead atoms. The Balaban J connectivity index is 1.65. The Hall–Kier alpha value is -2.41. The molecule has 27 heavy (non-hydrogen) atoms. The zero-order chi connectivity index (χ0) is 19.4. The Labute approximate surface area is 158 Å². The van der Waals surface area contributed by atoms with E-state index in [9.17, 15) is 14.4 Å². The number of carbonyl (C=O) groups is 3. The largest absolute Gasteiger partial charge is 0.480 e. The Kier molecular flexibility index (Phi) is 6.11. The molecule has 1 aromatic rings. The molecule has 1 aromatic carbocycles. The first-order valence-corrected chi connectivity index (χ1v) is 9.44. The van der Waals surface area contributed by atoms with E-state index < -0.39 is 5.97 Å². The molecule has 7 nitrogen and oxygen atoms in total. The number of carboxylic acids is 1. The molecule has 1 atom stereocenters. The van der Waals surface area contributed by atoms with Crippen molar-refractivity contribution in [3.05, 3.63) is 34.9 Å². The highest BCUT2D eigenvalue weighted by atomic mass is 16.5. The van der Waals surface area contributed by atoms with Crippen LogP contribution in [0.3, 0.4) is 0 Å². The summed E-state index contributed by atoms with van der Waals surface area (Å²) in [6, 6.07) is 5.96. The van der Waals surface area contributed by atoms with Crippen molar-refractivity contribution in [3.8, 4) is 0 Å². The fourth-order valence-electron chi connectivity index (χ4n) is 3.78. The van der Waals surface area contributed by atoms with E-state index in [-0.39, 0.29) is 31.0 Å². The van der Waals surface area contributed by atoms with Crippen molar-refractivity contribution in [2.45, 2.75) is 38.7 Å². The Morgan fingerprint density at radius 1 is 1.22 bits per heavy atom. The monoisotopic (exact) mass is 374 g/mol. The molecule has 0 saturated carbocycles. The van der Waals surface area contributed by atoms with Crippen molar-refractivity contribution in [2.24, 2.45) is 0 Å². The summed E-state index contributed by atoms with van der Waals surface area (Å²) < 4.78 is 5.67. The van der Waals surface area contributed by atoms with Crippen LogP contribution in [0.1, 0.15) is 41.3 Å². The highest BCUT2D eigenvalue weighted by Gasteiger charge is 2.28. The van der Waals surface area contributed by atoms with E-state index in [1.54, 1.807) is 4.90 Å². The van der Waals surface area contributed by atoms with Gasteiger partial charge in [-0.3, -0.25) is 14.4 Å². The van der Waals surface area contributed by atoms with E-state index in [4.69, 9.17) is 9.84 Å². The zero-order valence-electron chi connectivity index (χ0n) is 15.6. The zero-order valence-corrected chi connectivity index (χ0v) is 15.6. The Bertz CT molecular complexity index is 733. The number of aryl methyl sites for hydroxylation is 2. The Morgan fingerprint density at radius 2 is 1.96 bits per heavy atom. The van der Waals surface area contributed by atoms with Crippen LogP contribution in [0.2, 0.25) is 0 Å². The van der Waals surface area contributed by atoms with Crippen molar-refractivity contribution in [3.63, 3.8) is 0 Å². The van der Waals surface area contributed by atoms with E-state index in [0.29, 0.717) is 25.3 Å². The second-order valence-electron chi connectivity index (χ2n) is 7.23. The lowest BCUT2D eigenvalue weighted by atomic mass is 9.90. The molecule has 2 amide bonds. The summed E-state index contributed by atoms with van der Waals surface area (Å²) in [4.78, 5) is 38.5. The lowest BCUT2D eigenvalue weighted by Crippen LogP contribution is -2.51. The number of benzene rings is 1. The van der Waals surface area contributed by atoms with E-state index >= 15 is 0 Å². The summed E-state index contributed by atoms with van der Waals surface area (Å²) >= 11 is 0. The van der Waals surface area contributed by atoms with Crippen molar-refractivity contribution in [2.75, 3.05) is 32.8 Å². The van der Waals surface area contributed by atoms with Gasteiger partial charge >= 0.3 is 5.97 Å². The summed E-state index contributed by atoms with van der Waals surface area (Å²) in [5.74, 6) is -1.42. The van der Waals surface area contributed by atoms with Gasteiger partial charge in [-0.25, -0.2) is 0 Å². The lowest BCUT2D eigenvalue weighted by molar-refractivity contribution is -0.145. The number of amides is 2. The molecular formula is C20H26N2O5. The van der Waals surface area contributed by atoms with Crippen LogP contribution in [0, 0.1) is 0 Å². The van der Waals surface area contributed by atoms with Crippen LogP contribution in [0.4, 0.5) is 0 Å². The first kappa shape index (κ1) is 19.4. The lowest BCUT2D eigenvalue weighted by Gasteiger charge is -2.35. The maximum Gasteiger partial charge on any atom is 0.323 e. The number of hydrogen-bond donors (Lipinski definition) is 1. The first-order valence-electron chi connectivity index (χ1n) is 9.44. The molecule has 1 unspecified atom stereocenters. The van der Waals surface area contributed by atoms with Crippen molar-refractivity contribution in [1.82, 2.24) is 9.80 Å². The topological polar surface area (TPSA) is 87.2 Å². The standard InChI is InChI=1S/C20H26N2O5/c1-14(23)22(13-19(24)25)12-18-11-21(8-9-27-18)20(26)17-7-6-15-4-2-3-5-16(15)10-17/h6-7,10,18H,2-5,8-9,11-13H2,1H3,(H,24,25). The van der Waals surface area contributed by atoms with Gasteiger partial charge in [-0.05, 0) is 48.9 Å². The second-order valence-corrected chi connectivity index (χ2v) is 7.23. The molecule has 1 saturated heterocycles. The third kappa shape index (κ3) is 4.86. The van der Waals surface area contributed by atoms with Gasteiger partial charge in [0.25, 0.3) is 5.91 Å². The molecule has 1 aliphatic heterocycles. The molecule has 0 radical (unpaired) electrons. The minimum Gasteiger partial charge on any atom is -0.480 e. The smallest absolute Gasteiger partial charge is 0.323 e. The van der Waals surface area contributed by atoms with Gasteiger partial charge in [0.05, 0.1) is 12.7 Å². The first-order chi connectivity index (χ1) is 12.9. The minimum atomic E-state index is -1.07. The summed E-state index contributed by atoms with van der Waals surface area (Å²) in [6.07, 6.45) is 4.07. The van der Waals surface area contributed by atoms with Gasteiger partial charge < -0.3 is 19.6 Å². The third-order valence-corrected chi connectivity index (χ3v) is 5.22. The average Bonchev–Trinajstić information content (AvgIpc) is 2.66. The molecule has 1 aliphatic carbocycles. The fraction of sp³-hybridized carbons (Fsp3) is 0.550. The molecular weight excluding hydrogens is 348 g/mol. The number of fused-ring (bicyclic) bond motifs is 1. The van der Waals surface area contributed by atoms with E-state index in [2.05, 4.69) is 6.07 Å². The fourth-order valence-corrected chi connectivity index (χ4v) is 3.78. The van der Waals surface area contributed by atoms with Crippen molar-refractivity contribution in [1.29, 1.82) is 0 Å². The van der Waals surface area contributed by atoms with E-state index in [1.165, 1.54) is 29.4 Å². The number of aliphatic carboxylic acids is 1. The van der Waals surface area contributed by atoms with Gasteiger partial charge in [-0.2, -0.15) is 0 Å². The molecule has 1 heterocycles. The van der Waals surface area contributed by atoms with Gasteiger partial charge in [0.1, 0.15) is 6.54 Å². The summed E-state index contributed by atoms with van der Waals surface area (Å²) in [7, 11) is 0. The highest BCUT2D eigenvalue weighted by Crippen LogP contribution is 2.23.